The van der Waals surface area contributed by atoms with Gasteiger partial charge < -0.3 is 15.2 Å². The standard InChI is InChI=1S/C28H21F3N6O4S/c1-40-21-9-8-16(11-17(21)15-41-22-6-3-2-5-18(22)26(32)38)14-33-35-27(39)20-13-25-34-19(23-7-4-10-42-23)12-24(28(29,30)31)37(25)36-20/h2-14H,15H2,1H3,(H2,32,38)(H,35,39). The molecule has 3 N–H and O–H groups in total. The maximum absolute atomic E-state index is 13.8. The second-order valence-electron chi connectivity index (χ2n) is 8.72. The highest BCUT2D eigenvalue weighted by molar-refractivity contribution is 7.13. The number of carbonyl (C=O) groups is 2. The summed E-state index contributed by atoms with van der Waals surface area (Å²) in [5, 5.41) is 9.46. The Labute approximate surface area is 240 Å². The maximum Gasteiger partial charge on any atom is 0.433 e. The predicted octanol–water partition coefficient (Wildman–Crippen LogP) is 4.93. The lowest BCUT2D eigenvalue weighted by Crippen LogP contribution is -2.19. The lowest BCUT2D eigenvalue weighted by atomic mass is 10.1. The van der Waals surface area contributed by atoms with Crippen molar-refractivity contribution in [3.8, 4) is 22.1 Å². The number of thiophene rings is 1. The van der Waals surface area contributed by atoms with E-state index in [4.69, 9.17) is 15.2 Å². The van der Waals surface area contributed by atoms with Crippen LogP contribution in [0.2, 0.25) is 0 Å². The molecule has 0 aliphatic heterocycles. The first kappa shape index (κ1) is 28.3. The molecule has 0 aliphatic carbocycles. The van der Waals surface area contributed by atoms with Gasteiger partial charge in [-0.3, -0.25) is 9.59 Å². The minimum atomic E-state index is -4.73. The highest BCUT2D eigenvalue weighted by Crippen LogP contribution is 2.33. The van der Waals surface area contributed by atoms with E-state index in [1.807, 2.05) is 0 Å². The van der Waals surface area contributed by atoms with Gasteiger partial charge in [-0.25, -0.2) is 14.9 Å². The number of benzene rings is 2. The maximum atomic E-state index is 13.8. The number of amides is 2. The third kappa shape index (κ3) is 6.07. The number of hydrazone groups is 1. The molecule has 0 saturated carbocycles. The van der Waals surface area contributed by atoms with E-state index in [0.29, 0.717) is 32.0 Å². The molecule has 14 heteroatoms. The van der Waals surface area contributed by atoms with Crippen LogP contribution in [0.3, 0.4) is 0 Å². The number of nitrogens with two attached hydrogens (primary N) is 1. The Morgan fingerprint density at radius 1 is 1.10 bits per heavy atom. The Kier molecular flexibility index (Phi) is 7.88. The van der Waals surface area contributed by atoms with Crippen molar-refractivity contribution in [1.29, 1.82) is 0 Å². The molecule has 0 spiro atoms. The topological polar surface area (TPSA) is 133 Å². The number of primary amides is 1. The number of rotatable bonds is 9. The number of nitrogens with one attached hydrogen (secondary N) is 1. The summed E-state index contributed by atoms with van der Waals surface area (Å²) in [7, 11) is 1.49. The number of fused-ring (bicyclic) bond motifs is 1. The van der Waals surface area contributed by atoms with Crippen LogP contribution in [0.4, 0.5) is 13.2 Å². The van der Waals surface area contributed by atoms with Crippen molar-refractivity contribution in [3.63, 3.8) is 0 Å². The minimum absolute atomic E-state index is 0.0325. The molecule has 3 aromatic heterocycles. The second kappa shape index (κ2) is 11.7. The summed E-state index contributed by atoms with van der Waals surface area (Å²) in [6.45, 7) is 0.0325. The Hall–Kier alpha value is -5.24. The van der Waals surface area contributed by atoms with Gasteiger partial charge in [0, 0.05) is 11.6 Å². The molecule has 2 amide bonds. The van der Waals surface area contributed by atoms with Gasteiger partial charge in [-0.05, 0) is 53.4 Å². The van der Waals surface area contributed by atoms with Crippen LogP contribution < -0.4 is 20.6 Å². The fourth-order valence-corrected chi connectivity index (χ4v) is 4.69. The summed E-state index contributed by atoms with van der Waals surface area (Å²) in [4.78, 5) is 29.2. The number of hydrogen-bond donors (Lipinski definition) is 2. The molecule has 3 heterocycles. The van der Waals surface area contributed by atoms with Crippen LogP contribution in [0.5, 0.6) is 11.5 Å². The highest BCUT2D eigenvalue weighted by Gasteiger charge is 2.35. The summed E-state index contributed by atoms with van der Waals surface area (Å²) in [5.74, 6) is -0.653. The van der Waals surface area contributed by atoms with Crippen molar-refractivity contribution in [2.24, 2.45) is 10.8 Å². The number of aromatic nitrogens is 3. The average molecular weight is 595 g/mol. The lowest BCUT2D eigenvalue weighted by Gasteiger charge is -2.12. The van der Waals surface area contributed by atoms with Gasteiger partial charge in [0.25, 0.3) is 11.8 Å². The van der Waals surface area contributed by atoms with Crippen LogP contribution in [-0.2, 0) is 12.8 Å². The number of hydrogen-bond acceptors (Lipinski definition) is 8. The van der Waals surface area contributed by atoms with E-state index in [9.17, 15) is 22.8 Å². The molecular formula is C28H21F3N6O4S. The minimum Gasteiger partial charge on any atom is -0.496 e. The number of ether oxygens (including phenoxy) is 2. The molecule has 0 saturated heterocycles. The first-order valence-corrected chi connectivity index (χ1v) is 13.1. The molecule has 214 valence electrons. The van der Waals surface area contributed by atoms with Gasteiger partial charge in [-0.15, -0.1) is 11.3 Å². The van der Waals surface area contributed by atoms with Crippen molar-refractivity contribution >= 4 is 35.0 Å². The normalized spacial score (nSPS) is 11.6. The van der Waals surface area contributed by atoms with E-state index in [-0.39, 0.29) is 29.2 Å². The first-order valence-electron chi connectivity index (χ1n) is 12.2. The molecule has 0 fully saturated rings. The quantitative estimate of drug-likeness (QED) is 0.184. The lowest BCUT2D eigenvalue weighted by molar-refractivity contribution is -0.142. The molecule has 0 radical (unpaired) electrons. The van der Waals surface area contributed by atoms with Crippen molar-refractivity contribution in [3.05, 3.63) is 100 Å². The van der Waals surface area contributed by atoms with Crippen molar-refractivity contribution < 1.29 is 32.2 Å². The summed E-state index contributed by atoms with van der Waals surface area (Å²) in [6.07, 6.45) is -3.40. The first-order chi connectivity index (χ1) is 20.1. The van der Waals surface area contributed by atoms with Crippen molar-refractivity contribution in [2.75, 3.05) is 7.11 Å². The van der Waals surface area contributed by atoms with Gasteiger partial charge in [0.2, 0.25) is 0 Å². The Balaban J connectivity index is 1.33. The van der Waals surface area contributed by atoms with E-state index in [2.05, 4.69) is 20.6 Å². The van der Waals surface area contributed by atoms with E-state index < -0.39 is 23.7 Å². The number of carbonyl (C=O) groups excluding carboxylic acids is 2. The average Bonchev–Trinajstić information content (AvgIpc) is 3.66. The fraction of sp³-hybridized carbons (Fsp3) is 0.107. The second-order valence-corrected chi connectivity index (χ2v) is 9.67. The fourth-order valence-electron chi connectivity index (χ4n) is 4.00. The van der Waals surface area contributed by atoms with Gasteiger partial charge in [-0.2, -0.15) is 23.4 Å². The van der Waals surface area contributed by atoms with E-state index >= 15 is 0 Å². The molecule has 42 heavy (non-hydrogen) atoms. The highest BCUT2D eigenvalue weighted by atomic mass is 32.1. The van der Waals surface area contributed by atoms with Crippen molar-refractivity contribution in [1.82, 2.24) is 20.0 Å². The van der Waals surface area contributed by atoms with Gasteiger partial charge >= 0.3 is 6.18 Å². The zero-order valence-electron chi connectivity index (χ0n) is 21.8. The van der Waals surface area contributed by atoms with Crippen LogP contribution >= 0.6 is 11.3 Å². The van der Waals surface area contributed by atoms with Crippen LogP contribution in [0.15, 0.2) is 77.2 Å². The Bertz CT molecular complexity index is 1800. The van der Waals surface area contributed by atoms with Crippen LogP contribution in [0, 0.1) is 0 Å². The summed E-state index contributed by atoms with van der Waals surface area (Å²) in [6, 6.07) is 17.0. The number of para-hydroxylation sites is 1. The molecule has 5 rings (SSSR count). The van der Waals surface area contributed by atoms with Gasteiger partial charge in [0.05, 0.1) is 29.5 Å². The van der Waals surface area contributed by atoms with Gasteiger partial charge in [-0.1, -0.05) is 18.2 Å². The SMILES string of the molecule is COc1ccc(C=NNC(=O)c2cc3nc(-c4cccs4)cc(C(F)(F)F)n3n2)cc1COc1ccccc1C(N)=O. The molecule has 5 aromatic rings. The predicted molar refractivity (Wildman–Crippen MR) is 149 cm³/mol. The van der Waals surface area contributed by atoms with E-state index in [0.717, 1.165) is 12.1 Å². The number of halogens is 3. The Morgan fingerprint density at radius 3 is 2.62 bits per heavy atom. The number of alkyl halides is 3. The summed E-state index contributed by atoms with van der Waals surface area (Å²) in [5.41, 5.74) is 7.67. The largest absolute Gasteiger partial charge is 0.496 e. The van der Waals surface area contributed by atoms with Crippen molar-refractivity contribution in [2.45, 2.75) is 12.8 Å². The smallest absolute Gasteiger partial charge is 0.433 e. The van der Waals surface area contributed by atoms with E-state index in [1.165, 1.54) is 24.7 Å². The van der Waals surface area contributed by atoms with Crippen LogP contribution in [0.1, 0.15) is 37.7 Å². The molecule has 10 nitrogen and oxygen atoms in total. The molecule has 0 unspecified atom stereocenters. The van der Waals surface area contributed by atoms with Crippen LogP contribution in [-0.4, -0.2) is 39.7 Å². The molecule has 0 aliphatic rings. The number of methoxy groups -OCH3 is 1. The zero-order chi connectivity index (χ0) is 29.9. The third-order valence-electron chi connectivity index (χ3n) is 5.94. The molecular weight excluding hydrogens is 573 g/mol. The van der Waals surface area contributed by atoms with Crippen LogP contribution in [0.25, 0.3) is 16.2 Å². The molecule has 0 bridgehead atoms. The zero-order valence-corrected chi connectivity index (χ0v) is 22.6. The van der Waals surface area contributed by atoms with Gasteiger partial charge in [0.1, 0.15) is 18.1 Å². The monoisotopic (exact) mass is 594 g/mol. The summed E-state index contributed by atoms with van der Waals surface area (Å²) < 4.78 is 53.1. The molecule has 2 aromatic carbocycles. The van der Waals surface area contributed by atoms with Gasteiger partial charge in [0.15, 0.2) is 17.0 Å². The molecule has 0 atom stereocenters. The number of nitrogens with zero attached hydrogens (tertiary/aromatic N) is 4. The van der Waals surface area contributed by atoms with E-state index in [1.54, 1.807) is 60.0 Å². The summed E-state index contributed by atoms with van der Waals surface area (Å²) >= 11 is 1.24. The third-order valence-corrected chi connectivity index (χ3v) is 6.84. The Morgan fingerprint density at radius 2 is 1.90 bits per heavy atom.